The molecule has 1 fully saturated rings. The number of allylic oxidation sites excluding steroid dienone is 1. The first-order chi connectivity index (χ1) is 6.58. The van der Waals surface area contributed by atoms with E-state index in [0.29, 0.717) is 5.57 Å². The van der Waals surface area contributed by atoms with E-state index >= 15 is 0 Å². The van der Waals surface area contributed by atoms with E-state index in [1.165, 1.54) is 0 Å². The summed E-state index contributed by atoms with van der Waals surface area (Å²) in [6.45, 7) is 5.03. The summed E-state index contributed by atoms with van der Waals surface area (Å²) >= 11 is 0. The zero-order valence-electron chi connectivity index (χ0n) is 8.42. The molecule has 1 aliphatic rings. The van der Waals surface area contributed by atoms with Gasteiger partial charge >= 0.3 is 15.6 Å². The lowest BCUT2D eigenvalue weighted by Crippen LogP contribution is -2.26. The van der Waals surface area contributed by atoms with Gasteiger partial charge in [-0.05, 0) is 19.4 Å². The Balaban J connectivity index is 2.80. The Hall–Kier alpha value is -0.560. The van der Waals surface area contributed by atoms with Gasteiger partial charge in [0.1, 0.15) is 6.10 Å². The van der Waals surface area contributed by atoms with Crippen molar-refractivity contribution < 1.29 is 25.8 Å². The van der Waals surface area contributed by atoms with E-state index in [2.05, 4.69) is 4.18 Å². The Morgan fingerprint density at radius 2 is 1.80 bits per heavy atom. The Morgan fingerprint density at radius 1 is 1.33 bits per heavy atom. The monoisotopic (exact) mass is 244 g/mol. The summed E-state index contributed by atoms with van der Waals surface area (Å²) in [5.41, 5.74) is -3.92. The van der Waals surface area contributed by atoms with Crippen molar-refractivity contribution in [3.8, 4) is 0 Å². The van der Waals surface area contributed by atoms with Crippen LogP contribution < -0.4 is 0 Å². The van der Waals surface area contributed by atoms with E-state index in [1.54, 1.807) is 20.8 Å². The zero-order valence-corrected chi connectivity index (χ0v) is 9.24. The molecule has 0 aromatic carbocycles. The molecule has 0 saturated heterocycles. The third-order valence-corrected chi connectivity index (χ3v) is 3.26. The van der Waals surface area contributed by atoms with E-state index in [4.69, 9.17) is 0 Å². The predicted octanol–water partition coefficient (Wildman–Crippen LogP) is 2.21. The molecule has 0 heterocycles. The van der Waals surface area contributed by atoms with E-state index in [-0.39, 0.29) is 5.92 Å². The fourth-order valence-corrected chi connectivity index (χ4v) is 2.08. The number of rotatable bonds is 2. The summed E-state index contributed by atoms with van der Waals surface area (Å²) < 4.78 is 61.2. The van der Waals surface area contributed by atoms with E-state index in [0.717, 1.165) is 5.57 Å². The van der Waals surface area contributed by atoms with Gasteiger partial charge in [0.05, 0.1) is 0 Å². The van der Waals surface area contributed by atoms with Crippen molar-refractivity contribution in [3.63, 3.8) is 0 Å². The molecule has 7 heteroatoms. The molecule has 0 aromatic rings. The Labute approximate surface area is 86.0 Å². The zero-order chi connectivity index (χ0) is 12.0. The molecular weight excluding hydrogens is 233 g/mol. The van der Waals surface area contributed by atoms with Crippen molar-refractivity contribution in [1.29, 1.82) is 0 Å². The lowest BCUT2D eigenvalue weighted by Gasteiger charge is -2.06. The van der Waals surface area contributed by atoms with Gasteiger partial charge in [-0.25, -0.2) is 0 Å². The molecule has 3 nitrogen and oxygen atoms in total. The van der Waals surface area contributed by atoms with Crippen molar-refractivity contribution in [3.05, 3.63) is 11.1 Å². The molecule has 1 unspecified atom stereocenters. The minimum absolute atomic E-state index is 0.257. The standard InChI is InChI=1S/C8H11F3O3S/c1-4(2)6-5(3)7(6)14-15(12,13)8(9,10)11/h5,7H,1-3H3/t5-,7?/m1/s1. The summed E-state index contributed by atoms with van der Waals surface area (Å²) in [4.78, 5) is 0. The predicted molar refractivity (Wildman–Crippen MR) is 47.4 cm³/mol. The molecule has 0 N–H and O–H groups in total. The van der Waals surface area contributed by atoms with Gasteiger partial charge in [0.25, 0.3) is 0 Å². The summed E-state index contributed by atoms with van der Waals surface area (Å²) in [6, 6.07) is 0. The van der Waals surface area contributed by atoms with Gasteiger partial charge in [-0.1, -0.05) is 12.5 Å². The highest BCUT2D eigenvalue weighted by atomic mass is 32.2. The van der Waals surface area contributed by atoms with Gasteiger partial charge in [0.15, 0.2) is 0 Å². The van der Waals surface area contributed by atoms with Crippen LogP contribution in [0.1, 0.15) is 20.8 Å². The van der Waals surface area contributed by atoms with Crippen molar-refractivity contribution in [2.75, 3.05) is 0 Å². The molecule has 0 spiro atoms. The van der Waals surface area contributed by atoms with Gasteiger partial charge < -0.3 is 0 Å². The van der Waals surface area contributed by atoms with Crippen molar-refractivity contribution in [2.24, 2.45) is 5.92 Å². The quantitative estimate of drug-likeness (QED) is 0.425. The highest BCUT2D eigenvalue weighted by molar-refractivity contribution is 7.87. The second kappa shape index (κ2) is 3.48. The Bertz CT molecular complexity index is 390. The maximum atomic E-state index is 11.9. The third kappa shape index (κ3) is 2.34. The Morgan fingerprint density at radius 3 is 2.07 bits per heavy atom. The molecule has 15 heavy (non-hydrogen) atoms. The summed E-state index contributed by atoms with van der Waals surface area (Å²) in [7, 11) is -5.47. The molecule has 1 saturated carbocycles. The number of hydrogen-bond acceptors (Lipinski definition) is 3. The molecule has 1 rings (SSSR count). The lowest BCUT2D eigenvalue weighted by molar-refractivity contribution is -0.0548. The second-order valence-electron chi connectivity index (χ2n) is 3.66. The van der Waals surface area contributed by atoms with Crippen molar-refractivity contribution in [1.82, 2.24) is 0 Å². The van der Waals surface area contributed by atoms with Gasteiger partial charge in [-0.15, -0.1) is 0 Å². The van der Waals surface area contributed by atoms with Crippen LogP contribution in [0.15, 0.2) is 11.1 Å². The van der Waals surface area contributed by atoms with Gasteiger partial charge in [-0.3, -0.25) is 4.18 Å². The van der Waals surface area contributed by atoms with Crippen molar-refractivity contribution in [2.45, 2.75) is 32.4 Å². The lowest BCUT2D eigenvalue weighted by atomic mass is 10.3. The fourth-order valence-electron chi connectivity index (χ4n) is 1.43. The Kier molecular flexibility index (Phi) is 2.90. The van der Waals surface area contributed by atoms with Gasteiger partial charge in [-0.2, -0.15) is 21.6 Å². The molecule has 0 bridgehead atoms. The van der Waals surface area contributed by atoms with Crippen LogP contribution in [-0.4, -0.2) is 20.0 Å². The van der Waals surface area contributed by atoms with Crippen LogP contribution in [0.5, 0.6) is 0 Å². The van der Waals surface area contributed by atoms with Crippen LogP contribution in [0.3, 0.4) is 0 Å². The van der Waals surface area contributed by atoms with Gasteiger partial charge in [0.2, 0.25) is 0 Å². The van der Waals surface area contributed by atoms with Crippen LogP contribution in [0, 0.1) is 5.92 Å². The van der Waals surface area contributed by atoms with Crippen LogP contribution in [-0.2, 0) is 14.3 Å². The molecule has 0 amide bonds. The SMILES string of the molecule is CC(C)=C1C(OS(=O)(=O)C(F)(F)F)[C@@H]1C. The summed E-state index contributed by atoms with van der Waals surface area (Å²) in [5.74, 6) is -0.257. The van der Waals surface area contributed by atoms with Crippen LogP contribution in [0.4, 0.5) is 13.2 Å². The largest absolute Gasteiger partial charge is 0.523 e. The first-order valence-electron chi connectivity index (χ1n) is 4.24. The number of alkyl halides is 3. The van der Waals surface area contributed by atoms with Crippen LogP contribution in [0.2, 0.25) is 0 Å². The van der Waals surface area contributed by atoms with Crippen LogP contribution in [0.25, 0.3) is 0 Å². The highest BCUT2D eigenvalue weighted by Gasteiger charge is 2.54. The molecular formula is C8H11F3O3S. The van der Waals surface area contributed by atoms with E-state index in [9.17, 15) is 21.6 Å². The molecule has 0 aromatic heterocycles. The van der Waals surface area contributed by atoms with Crippen LogP contribution >= 0.6 is 0 Å². The third-order valence-electron chi connectivity index (χ3n) is 2.23. The summed E-state index contributed by atoms with van der Waals surface area (Å²) in [5, 5.41) is 0. The summed E-state index contributed by atoms with van der Waals surface area (Å²) in [6.07, 6.45) is -0.943. The molecule has 88 valence electrons. The van der Waals surface area contributed by atoms with E-state index in [1.807, 2.05) is 0 Å². The molecule has 1 aliphatic carbocycles. The normalized spacial score (nSPS) is 26.7. The second-order valence-corrected chi connectivity index (χ2v) is 5.22. The maximum absolute atomic E-state index is 11.9. The minimum Gasteiger partial charge on any atom is -0.255 e. The minimum atomic E-state index is -5.47. The fraction of sp³-hybridized carbons (Fsp3) is 0.750. The molecule has 0 radical (unpaired) electrons. The average Bonchev–Trinajstić information content (AvgIpc) is 2.57. The highest BCUT2D eigenvalue weighted by Crippen LogP contribution is 2.45. The number of halogens is 3. The smallest absolute Gasteiger partial charge is 0.255 e. The first kappa shape index (κ1) is 12.5. The average molecular weight is 244 g/mol. The molecule has 2 atom stereocenters. The van der Waals surface area contributed by atoms with Crippen molar-refractivity contribution >= 4 is 10.1 Å². The van der Waals surface area contributed by atoms with E-state index < -0.39 is 21.7 Å². The first-order valence-corrected chi connectivity index (χ1v) is 5.65. The molecule has 0 aliphatic heterocycles. The maximum Gasteiger partial charge on any atom is 0.523 e. The number of hydrogen-bond donors (Lipinski definition) is 0. The topological polar surface area (TPSA) is 43.4 Å². The van der Waals surface area contributed by atoms with Gasteiger partial charge in [0, 0.05) is 5.92 Å².